The SMILES string of the molecule is CCOC(=O)N1C[C@H](C(=O)NO)[C@H](NC(=O)c2ccc(OCc3cc(C)nc4ccccc34)cc2)C1. The van der Waals surface area contributed by atoms with E-state index in [1.54, 1.807) is 36.7 Å². The Morgan fingerprint density at radius 3 is 2.58 bits per heavy atom. The molecular weight excluding hydrogens is 464 g/mol. The summed E-state index contributed by atoms with van der Waals surface area (Å²) in [5.41, 5.74) is 4.79. The zero-order chi connectivity index (χ0) is 25.7. The number of rotatable bonds is 7. The second kappa shape index (κ2) is 11.0. The van der Waals surface area contributed by atoms with Crippen molar-refractivity contribution >= 4 is 28.8 Å². The molecule has 1 saturated heterocycles. The van der Waals surface area contributed by atoms with Crippen LogP contribution in [0, 0.1) is 12.8 Å². The molecule has 0 aliphatic carbocycles. The Kier molecular flexibility index (Phi) is 7.65. The van der Waals surface area contributed by atoms with Crippen molar-refractivity contribution in [3.05, 3.63) is 71.4 Å². The van der Waals surface area contributed by atoms with E-state index >= 15 is 0 Å². The van der Waals surface area contributed by atoms with Gasteiger partial charge in [-0.05, 0) is 50.2 Å². The van der Waals surface area contributed by atoms with Crippen molar-refractivity contribution in [2.45, 2.75) is 26.5 Å². The van der Waals surface area contributed by atoms with Crippen molar-refractivity contribution in [2.24, 2.45) is 5.92 Å². The number of nitrogens with one attached hydrogen (secondary N) is 2. The minimum Gasteiger partial charge on any atom is -0.489 e. The first kappa shape index (κ1) is 24.9. The number of likely N-dealkylation sites (tertiary alicyclic amines) is 1. The Labute approximate surface area is 208 Å². The highest BCUT2D eigenvalue weighted by Gasteiger charge is 2.41. The van der Waals surface area contributed by atoms with E-state index in [4.69, 9.17) is 14.7 Å². The van der Waals surface area contributed by atoms with Crippen molar-refractivity contribution < 1.29 is 29.1 Å². The van der Waals surface area contributed by atoms with Crippen LogP contribution in [0.3, 0.4) is 0 Å². The summed E-state index contributed by atoms with van der Waals surface area (Å²) in [5, 5.41) is 12.9. The number of ether oxygens (including phenoxy) is 2. The molecule has 0 spiro atoms. The number of hydroxylamine groups is 1. The predicted molar refractivity (Wildman–Crippen MR) is 131 cm³/mol. The monoisotopic (exact) mass is 492 g/mol. The number of aromatic nitrogens is 1. The highest BCUT2D eigenvalue weighted by Crippen LogP contribution is 2.22. The lowest BCUT2D eigenvalue weighted by Crippen LogP contribution is -2.45. The second-order valence-corrected chi connectivity index (χ2v) is 8.52. The van der Waals surface area contributed by atoms with Crippen LogP contribution in [0.4, 0.5) is 4.79 Å². The van der Waals surface area contributed by atoms with E-state index in [-0.39, 0.29) is 19.7 Å². The van der Waals surface area contributed by atoms with Crippen molar-refractivity contribution in [3.8, 4) is 5.75 Å². The van der Waals surface area contributed by atoms with Gasteiger partial charge in [0.15, 0.2) is 0 Å². The smallest absolute Gasteiger partial charge is 0.409 e. The molecule has 3 amide bonds. The molecule has 1 aliphatic heterocycles. The molecule has 2 aromatic carbocycles. The van der Waals surface area contributed by atoms with Crippen LogP contribution in [0.1, 0.15) is 28.5 Å². The van der Waals surface area contributed by atoms with Gasteiger partial charge in [-0.25, -0.2) is 10.3 Å². The zero-order valence-corrected chi connectivity index (χ0v) is 20.1. The number of fused-ring (bicyclic) bond motifs is 1. The largest absolute Gasteiger partial charge is 0.489 e. The quantitative estimate of drug-likeness (QED) is 0.342. The average Bonchev–Trinajstić information content (AvgIpc) is 3.31. The van der Waals surface area contributed by atoms with Crippen LogP contribution in [0.5, 0.6) is 5.75 Å². The van der Waals surface area contributed by atoms with E-state index in [0.717, 1.165) is 22.2 Å². The summed E-state index contributed by atoms with van der Waals surface area (Å²) in [4.78, 5) is 42.9. The summed E-state index contributed by atoms with van der Waals surface area (Å²) in [5.74, 6) is -1.32. The van der Waals surface area contributed by atoms with Crippen LogP contribution in [0.25, 0.3) is 10.9 Å². The van der Waals surface area contributed by atoms with Gasteiger partial charge < -0.3 is 19.7 Å². The molecular formula is C26H28N4O6. The number of amides is 3. The molecule has 0 unspecified atom stereocenters. The maximum atomic E-state index is 12.8. The normalized spacial score (nSPS) is 17.0. The molecule has 0 bridgehead atoms. The third-order valence-corrected chi connectivity index (χ3v) is 6.05. The van der Waals surface area contributed by atoms with Gasteiger partial charge in [0.25, 0.3) is 5.91 Å². The highest BCUT2D eigenvalue weighted by atomic mass is 16.6. The molecule has 0 radical (unpaired) electrons. The number of hydrogen-bond donors (Lipinski definition) is 3. The fourth-order valence-electron chi connectivity index (χ4n) is 4.29. The molecule has 1 aromatic heterocycles. The van der Waals surface area contributed by atoms with Crippen LogP contribution >= 0.6 is 0 Å². The number of para-hydroxylation sites is 1. The lowest BCUT2D eigenvalue weighted by Gasteiger charge is -2.18. The summed E-state index contributed by atoms with van der Waals surface area (Å²) in [7, 11) is 0. The van der Waals surface area contributed by atoms with Crippen LogP contribution in [0.2, 0.25) is 0 Å². The molecule has 10 heteroatoms. The molecule has 4 rings (SSSR count). The van der Waals surface area contributed by atoms with Gasteiger partial charge in [0.05, 0.1) is 24.1 Å². The topological polar surface area (TPSA) is 130 Å². The van der Waals surface area contributed by atoms with Crippen LogP contribution in [0.15, 0.2) is 54.6 Å². The number of hydrogen-bond acceptors (Lipinski definition) is 7. The van der Waals surface area contributed by atoms with Gasteiger partial charge in [0, 0.05) is 35.3 Å². The molecule has 10 nitrogen and oxygen atoms in total. The van der Waals surface area contributed by atoms with Gasteiger partial charge in [-0.3, -0.25) is 19.8 Å². The van der Waals surface area contributed by atoms with E-state index in [2.05, 4.69) is 10.3 Å². The summed E-state index contributed by atoms with van der Waals surface area (Å²) >= 11 is 0. The van der Waals surface area contributed by atoms with Gasteiger partial charge in [-0.2, -0.15) is 0 Å². The molecule has 2 atom stereocenters. The summed E-state index contributed by atoms with van der Waals surface area (Å²) in [6, 6.07) is 15.8. The molecule has 0 saturated carbocycles. The number of nitrogens with zero attached hydrogens (tertiary/aromatic N) is 2. The van der Waals surface area contributed by atoms with E-state index in [0.29, 0.717) is 17.9 Å². The van der Waals surface area contributed by atoms with E-state index in [9.17, 15) is 14.4 Å². The minimum absolute atomic E-state index is 0.0200. The first-order valence-corrected chi connectivity index (χ1v) is 11.6. The molecule has 2 heterocycles. The first-order chi connectivity index (χ1) is 17.4. The molecule has 1 fully saturated rings. The molecule has 1 aliphatic rings. The number of pyridine rings is 1. The third kappa shape index (κ3) is 5.55. The van der Waals surface area contributed by atoms with E-state index in [1.165, 1.54) is 4.90 Å². The van der Waals surface area contributed by atoms with Crippen molar-refractivity contribution in [3.63, 3.8) is 0 Å². The third-order valence-electron chi connectivity index (χ3n) is 6.05. The minimum atomic E-state index is -0.815. The Balaban J connectivity index is 1.40. The van der Waals surface area contributed by atoms with Crippen molar-refractivity contribution in [1.29, 1.82) is 0 Å². The van der Waals surface area contributed by atoms with Gasteiger partial charge in [0.1, 0.15) is 12.4 Å². The molecule has 3 N–H and O–H groups in total. The Bertz CT molecular complexity index is 1260. The highest BCUT2D eigenvalue weighted by molar-refractivity contribution is 5.95. The van der Waals surface area contributed by atoms with Crippen LogP contribution < -0.4 is 15.5 Å². The standard InChI is InChI=1S/C26H28N4O6/c1-3-35-26(33)30-13-21(25(32)29-34)23(14-30)28-24(31)17-8-10-19(11-9-17)36-15-18-12-16(2)27-22-7-5-4-6-20(18)22/h4-12,21,23,34H,3,13-15H2,1-2H3,(H,28,31)(H,29,32)/t21-,23+/m0/s1. The fourth-order valence-corrected chi connectivity index (χ4v) is 4.29. The molecule has 3 aromatic rings. The van der Waals surface area contributed by atoms with Gasteiger partial charge >= 0.3 is 6.09 Å². The lowest BCUT2D eigenvalue weighted by atomic mass is 10.0. The van der Waals surface area contributed by atoms with Crippen LogP contribution in [-0.2, 0) is 16.1 Å². The molecule has 188 valence electrons. The summed E-state index contributed by atoms with van der Waals surface area (Å²) in [6.45, 7) is 4.26. The number of carbonyl (C=O) groups excluding carboxylic acids is 3. The Morgan fingerprint density at radius 2 is 1.86 bits per heavy atom. The second-order valence-electron chi connectivity index (χ2n) is 8.52. The van der Waals surface area contributed by atoms with Gasteiger partial charge in [-0.1, -0.05) is 18.2 Å². The number of aryl methyl sites for hydroxylation is 1. The summed E-state index contributed by atoms with van der Waals surface area (Å²) in [6.07, 6.45) is -0.580. The maximum absolute atomic E-state index is 12.8. The van der Waals surface area contributed by atoms with Gasteiger partial charge in [-0.15, -0.1) is 0 Å². The maximum Gasteiger partial charge on any atom is 0.409 e. The number of benzene rings is 2. The summed E-state index contributed by atoms with van der Waals surface area (Å²) < 4.78 is 10.9. The van der Waals surface area contributed by atoms with E-state index < -0.39 is 29.9 Å². The first-order valence-electron chi connectivity index (χ1n) is 11.6. The van der Waals surface area contributed by atoms with E-state index in [1.807, 2.05) is 37.3 Å². The Morgan fingerprint density at radius 1 is 1.11 bits per heavy atom. The van der Waals surface area contributed by atoms with Crippen molar-refractivity contribution in [1.82, 2.24) is 20.7 Å². The fraction of sp³-hybridized carbons (Fsp3) is 0.308. The Hall–Kier alpha value is -4.18. The molecule has 36 heavy (non-hydrogen) atoms. The van der Waals surface area contributed by atoms with Crippen LogP contribution in [-0.4, -0.2) is 58.7 Å². The lowest BCUT2D eigenvalue weighted by molar-refractivity contribution is -0.133. The average molecular weight is 493 g/mol. The predicted octanol–water partition coefficient (Wildman–Crippen LogP) is 2.81. The van der Waals surface area contributed by atoms with Gasteiger partial charge in [0.2, 0.25) is 5.91 Å². The number of carbonyl (C=O) groups is 3. The zero-order valence-electron chi connectivity index (χ0n) is 20.1. The van der Waals surface area contributed by atoms with Crippen molar-refractivity contribution in [2.75, 3.05) is 19.7 Å².